The number of amides is 1. The molecule has 0 saturated heterocycles. The fourth-order valence-electron chi connectivity index (χ4n) is 2.92. The van der Waals surface area contributed by atoms with Crippen LogP contribution in [0.2, 0.25) is 0 Å². The van der Waals surface area contributed by atoms with E-state index in [1.807, 2.05) is 20.2 Å². The number of quaternary nitrogens is 1. The molecule has 0 aliphatic heterocycles. The molecule has 8 heteroatoms. The van der Waals surface area contributed by atoms with E-state index in [1.54, 1.807) is 37.3 Å². The Kier molecular flexibility index (Phi) is 6.66. The van der Waals surface area contributed by atoms with Crippen LogP contribution in [0.5, 0.6) is 11.5 Å². The first-order valence-electron chi connectivity index (χ1n) is 9.28. The number of fused-ring (bicyclic) bond motifs is 1. The maximum Gasteiger partial charge on any atom is 0.233 e. The summed E-state index contributed by atoms with van der Waals surface area (Å²) in [5.41, 5.74) is 1.43. The van der Waals surface area contributed by atoms with Crippen LogP contribution in [-0.4, -0.2) is 52.3 Å². The lowest BCUT2D eigenvalue weighted by Gasteiger charge is -2.20. The van der Waals surface area contributed by atoms with Gasteiger partial charge in [0.25, 0.3) is 0 Å². The van der Waals surface area contributed by atoms with Crippen molar-refractivity contribution in [3.63, 3.8) is 0 Å². The highest BCUT2D eigenvalue weighted by molar-refractivity contribution is 7.22. The molecule has 1 heterocycles. The number of hydrogen-bond donors (Lipinski definition) is 1. The summed E-state index contributed by atoms with van der Waals surface area (Å²) in [7, 11) is 7.26. The molecule has 0 atom stereocenters. The average Bonchev–Trinajstić information content (AvgIpc) is 3.14. The molecule has 29 heavy (non-hydrogen) atoms. The van der Waals surface area contributed by atoms with Crippen molar-refractivity contribution in [3.8, 4) is 11.5 Å². The van der Waals surface area contributed by atoms with Gasteiger partial charge in [-0.2, -0.15) is 0 Å². The lowest BCUT2D eigenvalue weighted by atomic mass is 10.1. The molecule has 0 aliphatic rings. The Bertz CT molecular complexity index is 948. The van der Waals surface area contributed by atoms with Crippen molar-refractivity contribution >= 4 is 32.6 Å². The predicted molar refractivity (Wildman–Crippen MR) is 113 cm³/mol. The van der Waals surface area contributed by atoms with E-state index in [9.17, 15) is 9.18 Å². The van der Waals surface area contributed by atoms with Crippen molar-refractivity contribution in [2.45, 2.75) is 6.42 Å². The molecular weight excluding hydrogens is 393 g/mol. The Balaban J connectivity index is 1.97. The second-order valence-electron chi connectivity index (χ2n) is 6.95. The number of benzene rings is 2. The number of rotatable bonds is 8. The number of nitrogens with one attached hydrogen (secondary N) is 1. The Morgan fingerprint density at radius 3 is 2.38 bits per heavy atom. The van der Waals surface area contributed by atoms with Crippen LogP contribution in [-0.2, 0) is 11.2 Å². The molecule has 3 rings (SSSR count). The minimum absolute atomic E-state index is 0.0881. The Morgan fingerprint density at radius 1 is 1.10 bits per heavy atom. The van der Waals surface area contributed by atoms with Crippen molar-refractivity contribution in [1.29, 1.82) is 0 Å². The number of carbonyl (C=O) groups is 1. The monoisotopic (exact) mass is 418 g/mol. The highest BCUT2D eigenvalue weighted by Crippen LogP contribution is 2.40. The summed E-state index contributed by atoms with van der Waals surface area (Å²) < 4.78 is 24.9. The van der Waals surface area contributed by atoms with Gasteiger partial charge in [-0.25, -0.2) is 9.37 Å². The zero-order valence-corrected chi connectivity index (χ0v) is 17.8. The second-order valence-corrected chi connectivity index (χ2v) is 7.93. The number of hydrogen-bond acceptors (Lipinski definition) is 5. The smallest absolute Gasteiger partial charge is 0.233 e. The first-order valence-corrected chi connectivity index (χ1v) is 10.1. The number of carbonyl (C=O) groups excluding carboxylic acids is 1. The lowest BCUT2D eigenvalue weighted by Crippen LogP contribution is -3.06. The number of aromatic nitrogens is 1. The van der Waals surface area contributed by atoms with Gasteiger partial charge in [-0.15, -0.1) is 0 Å². The molecule has 154 valence electrons. The predicted octanol–water partition coefficient (Wildman–Crippen LogP) is 2.17. The average molecular weight is 419 g/mol. The third-order valence-electron chi connectivity index (χ3n) is 4.53. The minimum Gasteiger partial charge on any atom is -0.495 e. The van der Waals surface area contributed by atoms with Crippen LogP contribution in [0.3, 0.4) is 0 Å². The van der Waals surface area contributed by atoms with Crippen molar-refractivity contribution in [2.75, 3.05) is 46.3 Å². The molecule has 0 aliphatic carbocycles. The molecule has 2 aromatic carbocycles. The Hall–Kier alpha value is -2.71. The van der Waals surface area contributed by atoms with Crippen LogP contribution in [0.1, 0.15) is 5.56 Å². The standard InChI is InChI=1S/C21H24FN3O3S/c1-24(2)11-12-25(18(26)13-14-5-7-15(22)8-6-14)21-23-19-16(27-3)9-10-17(28-4)20(19)29-21/h5-10H,11-13H2,1-4H3/p+1. The van der Waals surface area contributed by atoms with Gasteiger partial charge in [-0.3, -0.25) is 9.69 Å². The van der Waals surface area contributed by atoms with Gasteiger partial charge in [-0.1, -0.05) is 23.5 Å². The van der Waals surface area contributed by atoms with E-state index in [4.69, 9.17) is 14.5 Å². The van der Waals surface area contributed by atoms with Gasteiger partial charge >= 0.3 is 0 Å². The van der Waals surface area contributed by atoms with Crippen LogP contribution in [0, 0.1) is 5.82 Å². The van der Waals surface area contributed by atoms with Gasteiger partial charge in [0, 0.05) is 0 Å². The first kappa shape index (κ1) is 21.0. The van der Waals surface area contributed by atoms with Gasteiger partial charge in [0.2, 0.25) is 5.91 Å². The van der Waals surface area contributed by atoms with Gasteiger partial charge in [0.15, 0.2) is 5.13 Å². The molecule has 0 bridgehead atoms. The van der Waals surface area contributed by atoms with Crippen LogP contribution in [0.25, 0.3) is 10.2 Å². The van der Waals surface area contributed by atoms with Gasteiger partial charge < -0.3 is 14.4 Å². The molecule has 1 N–H and O–H groups in total. The number of anilines is 1. The second kappa shape index (κ2) is 9.19. The first-order chi connectivity index (χ1) is 13.9. The number of ether oxygens (including phenoxy) is 2. The SMILES string of the molecule is COc1ccc(OC)c2sc(N(CC[NH+](C)C)C(=O)Cc3ccc(F)cc3)nc12. The number of thiazole rings is 1. The Morgan fingerprint density at radius 2 is 1.76 bits per heavy atom. The number of nitrogens with zero attached hydrogens (tertiary/aromatic N) is 2. The zero-order valence-electron chi connectivity index (χ0n) is 17.0. The fraction of sp³-hybridized carbons (Fsp3) is 0.333. The normalized spacial score (nSPS) is 11.1. The van der Waals surface area contributed by atoms with Crippen molar-refractivity contribution in [1.82, 2.24) is 4.98 Å². The third kappa shape index (κ3) is 4.83. The quantitative estimate of drug-likeness (QED) is 0.609. The minimum atomic E-state index is -0.320. The molecule has 0 unspecified atom stereocenters. The molecule has 0 radical (unpaired) electrons. The number of methoxy groups -OCH3 is 2. The highest BCUT2D eigenvalue weighted by Gasteiger charge is 2.23. The maximum absolute atomic E-state index is 13.2. The molecule has 1 amide bonds. The van der Waals surface area contributed by atoms with Gasteiger partial charge in [0.1, 0.15) is 27.5 Å². The molecule has 0 saturated carbocycles. The molecule has 6 nitrogen and oxygen atoms in total. The van der Waals surface area contributed by atoms with Crippen molar-refractivity contribution in [3.05, 3.63) is 47.8 Å². The molecule has 0 fully saturated rings. The lowest BCUT2D eigenvalue weighted by molar-refractivity contribution is -0.856. The van der Waals surface area contributed by atoms with E-state index in [1.165, 1.54) is 28.4 Å². The van der Waals surface area contributed by atoms with Gasteiger partial charge in [0.05, 0.1) is 47.8 Å². The molecule has 0 spiro atoms. The van der Waals surface area contributed by atoms with Crippen LogP contribution in [0.15, 0.2) is 36.4 Å². The summed E-state index contributed by atoms with van der Waals surface area (Å²) in [5.74, 6) is 0.913. The summed E-state index contributed by atoms with van der Waals surface area (Å²) in [5, 5.41) is 0.594. The van der Waals surface area contributed by atoms with Gasteiger partial charge in [-0.05, 0) is 29.8 Å². The van der Waals surface area contributed by atoms with Crippen molar-refractivity contribution < 1.29 is 23.6 Å². The van der Waals surface area contributed by atoms with Crippen LogP contribution < -0.4 is 19.3 Å². The van der Waals surface area contributed by atoms with E-state index in [0.29, 0.717) is 28.7 Å². The summed E-state index contributed by atoms with van der Waals surface area (Å²) in [6, 6.07) is 9.63. The van der Waals surface area contributed by atoms with E-state index in [0.717, 1.165) is 16.8 Å². The fourth-order valence-corrected chi connectivity index (χ4v) is 4.04. The van der Waals surface area contributed by atoms with E-state index >= 15 is 0 Å². The zero-order chi connectivity index (χ0) is 21.0. The van der Waals surface area contributed by atoms with E-state index in [2.05, 4.69) is 0 Å². The number of likely N-dealkylation sites (N-methyl/N-ethyl adjacent to an activating group) is 1. The molecule has 3 aromatic rings. The maximum atomic E-state index is 13.2. The van der Waals surface area contributed by atoms with Crippen LogP contribution in [0.4, 0.5) is 9.52 Å². The van der Waals surface area contributed by atoms with Crippen LogP contribution >= 0.6 is 11.3 Å². The number of halogens is 1. The largest absolute Gasteiger partial charge is 0.495 e. The highest BCUT2D eigenvalue weighted by atomic mass is 32.1. The van der Waals surface area contributed by atoms with Crippen molar-refractivity contribution in [2.24, 2.45) is 0 Å². The summed E-state index contributed by atoms with van der Waals surface area (Å²) in [4.78, 5) is 20.7. The summed E-state index contributed by atoms with van der Waals surface area (Å²) >= 11 is 1.40. The Labute approximate surface area is 173 Å². The summed E-state index contributed by atoms with van der Waals surface area (Å²) in [6.07, 6.45) is 0.174. The third-order valence-corrected chi connectivity index (χ3v) is 5.63. The van der Waals surface area contributed by atoms with E-state index in [-0.39, 0.29) is 18.1 Å². The van der Waals surface area contributed by atoms with E-state index < -0.39 is 0 Å². The summed E-state index contributed by atoms with van der Waals surface area (Å²) in [6.45, 7) is 1.28. The molecule has 1 aromatic heterocycles. The topological polar surface area (TPSA) is 56.1 Å². The molecular formula is C21H25FN3O3S+.